The Kier molecular flexibility index (Phi) is 7.03. The van der Waals surface area contributed by atoms with E-state index in [0.717, 1.165) is 37.4 Å². The van der Waals surface area contributed by atoms with E-state index in [9.17, 15) is 14.9 Å². The molecule has 0 spiro atoms. The molecule has 1 saturated carbocycles. The third kappa shape index (κ3) is 5.58. The molecule has 0 aromatic rings. The van der Waals surface area contributed by atoms with E-state index in [1.54, 1.807) is 0 Å². The van der Waals surface area contributed by atoms with Crippen LogP contribution in [0.3, 0.4) is 0 Å². The maximum atomic E-state index is 12.1. The van der Waals surface area contributed by atoms with Crippen molar-refractivity contribution in [2.45, 2.75) is 63.2 Å². The van der Waals surface area contributed by atoms with Crippen LogP contribution in [0.4, 0.5) is 0 Å². The molecule has 1 aliphatic rings. The number of nitrogens with one attached hydrogen (secondary N) is 1. The number of carbonyl (C=O) groups is 2. The first-order valence-electron chi connectivity index (χ1n) is 7.47. The van der Waals surface area contributed by atoms with E-state index in [1.807, 2.05) is 13.8 Å². The molecular weight excluding hydrogens is 288 g/mol. The van der Waals surface area contributed by atoms with Gasteiger partial charge < -0.3 is 10.4 Å². The van der Waals surface area contributed by atoms with Gasteiger partial charge in [-0.05, 0) is 18.8 Å². The van der Waals surface area contributed by atoms with Crippen molar-refractivity contribution >= 4 is 23.6 Å². The van der Waals surface area contributed by atoms with E-state index in [1.165, 1.54) is 0 Å². The zero-order valence-corrected chi connectivity index (χ0v) is 13.5. The number of thioether (sulfide) groups is 1. The summed E-state index contributed by atoms with van der Waals surface area (Å²) in [7, 11) is 0. The summed E-state index contributed by atoms with van der Waals surface area (Å²) in [5.74, 6) is -1.09. The lowest BCUT2D eigenvalue weighted by molar-refractivity contribution is -0.137. The van der Waals surface area contributed by atoms with Crippen LogP contribution in [0.1, 0.15) is 52.4 Å². The highest BCUT2D eigenvalue weighted by Gasteiger charge is 2.33. The monoisotopic (exact) mass is 312 g/mol. The zero-order valence-electron chi connectivity index (χ0n) is 12.7. The van der Waals surface area contributed by atoms with E-state index >= 15 is 0 Å². The number of aliphatic carboxylic acids is 1. The number of nitriles is 1. The number of carboxylic acid groups (broad SMARTS) is 1. The molecule has 118 valence electrons. The van der Waals surface area contributed by atoms with Crippen LogP contribution in [0.15, 0.2) is 0 Å². The summed E-state index contributed by atoms with van der Waals surface area (Å²) in [4.78, 5) is 23.2. The van der Waals surface area contributed by atoms with E-state index in [0.29, 0.717) is 12.8 Å². The van der Waals surface area contributed by atoms with Gasteiger partial charge in [-0.3, -0.25) is 9.59 Å². The second-order valence-electron chi connectivity index (χ2n) is 5.97. The normalized spacial score (nSPS) is 19.3. The van der Waals surface area contributed by atoms with Gasteiger partial charge in [-0.2, -0.15) is 5.26 Å². The van der Waals surface area contributed by atoms with Crippen molar-refractivity contribution in [1.29, 1.82) is 5.26 Å². The number of hydrogen-bond donors (Lipinski definition) is 2. The van der Waals surface area contributed by atoms with Crippen molar-refractivity contribution in [2.24, 2.45) is 5.92 Å². The molecule has 2 N–H and O–H groups in total. The van der Waals surface area contributed by atoms with Gasteiger partial charge in [-0.15, -0.1) is 11.8 Å². The van der Waals surface area contributed by atoms with Gasteiger partial charge in [0.2, 0.25) is 5.91 Å². The second kappa shape index (κ2) is 8.28. The number of amides is 1. The topological polar surface area (TPSA) is 90.2 Å². The zero-order chi connectivity index (χ0) is 15.9. The van der Waals surface area contributed by atoms with Gasteiger partial charge in [-0.1, -0.05) is 39.5 Å². The van der Waals surface area contributed by atoms with E-state index in [4.69, 9.17) is 5.11 Å². The van der Waals surface area contributed by atoms with E-state index in [-0.39, 0.29) is 17.6 Å². The summed E-state index contributed by atoms with van der Waals surface area (Å²) < 4.78 is 0. The molecule has 1 fully saturated rings. The number of carboxylic acids is 1. The quantitative estimate of drug-likeness (QED) is 0.736. The first kappa shape index (κ1) is 17.8. The van der Waals surface area contributed by atoms with E-state index in [2.05, 4.69) is 11.4 Å². The maximum absolute atomic E-state index is 12.1. The third-order valence-electron chi connectivity index (χ3n) is 3.79. The summed E-state index contributed by atoms with van der Waals surface area (Å²) in [5.41, 5.74) is -0.759. The highest BCUT2D eigenvalue weighted by molar-refractivity contribution is 8.01. The molecule has 0 aliphatic heterocycles. The molecule has 6 heteroatoms. The van der Waals surface area contributed by atoms with Crippen molar-refractivity contribution in [3.05, 3.63) is 0 Å². The van der Waals surface area contributed by atoms with Crippen molar-refractivity contribution in [3.63, 3.8) is 0 Å². The lowest BCUT2D eigenvalue weighted by Crippen LogP contribution is -2.48. The fourth-order valence-electron chi connectivity index (χ4n) is 2.61. The minimum atomic E-state index is -0.896. The van der Waals surface area contributed by atoms with Crippen LogP contribution in [-0.2, 0) is 9.59 Å². The first-order valence-corrected chi connectivity index (χ1v) is 8.52. The van der Waals surface area contributed by atoms with Crippen molar-refractivity contribution in [3.8, 4) is 6.07 Å². The molecule has 1 unspecified atom stereocenters. The highest BCUT2D eigenvalue weighted by Crippen LogP contribution is 2.27. The summed E-state index contributed by atoms with van der Waals surface area (Å²) >= 11 is 1.13. The molecule has 0 aromatic carbocycles. The number of carbonyl (C=O) groups excluding carboxylic acids is 1. The van der Waals surface area contributed by atoms with Crippen LogP contribution in [0, 0.1) is 17.2 Å². The van der Waals surface area contributed by atoms with Crippen LogP contribution in [-0.4, -0.2) is 33.5 Å². The van der Waals surface area contributed by atoms with Gasteiger partial charge in [0, 0.05) is 0 Å². The lowest BCUT2D eigenvalue weighted by Gasteiger charge is -2.26. The van der Waals surface area contributed by atoms with E-state index < -0.39 is 16.8 Å². The highest BCUT2D eigenvalue weighted by atomic mass is 32.2. The van der Waals surface area contributed by atoms with Gasteiger partial charge in [0.1, 0.15) is 10.8 Å². The first-order chi connectivity index (χ1) is 9.90. The minimum absolute atomic E-state index is 0.0388. The van der Waals surface area contributed by atoms with Crippen LogP contribution in [0.5, 0.6) is 0 Å². The number of hydrogen-bond acceptors (Lipinski definition) is 4. The predicted molar refractivity (Wildman–Crippen MR) is 82.9 cm³/mol. The molecule has 1 rings (SSSR count). The average Bonchev–Trinajstić information content (AvgIpc) is 2.64. The Labute approximate surface area is 130 Å². The molecule has 1 atom stereocenters. The smallest absolute Gasteiger partial charge is 0.316 e. The summed E-state index contributed by atoms with van der Waals surface area (Å²) in [6.07, 6.45) is 5.47. The molecule has 0 saturated heterocycles. The van der Waals surface area contributed by atoms with Gasteiger partial charge in [0.05, 0.1) is 11.8 Å². The van der Waals surface area contributed by atoms with Gasteiger partial charge in [0.15, 0.2) is 0 Å². The average molecular weight is 312 g/mol. The molecule has 21 heavy (non-hydrogen) atoms. The summed E-state index contributed by atoms with van der Waals surface area (Å²) in [6, 6.07) is 2.26. The Morgan fingerprint density at radius 2 is 1.86 bits per heavy atom. The minimum Gasteiger partial charge on any atom is -0.480 e. The lowest BCUT2D eigenvalue weighted by atomic mass is 9.92. The molecule has 0 radical (unpaired) electrons. The Hall–Kier alpha value is -1.22. The second-order valence-corrected chi connectivity index (χ2v) is 7.10. The van der Waals surface area contributed by atoms with Crippen molar-refractivity contribution in [2.75, 3.05) is 5.75 Å². The Morgan fingerprint density at radius 3 is 2.29 bits per heavy atom. The van der Waals surface area contributed by atoms with Crippen molar-refractivity contribution in [1.82, 2.24) is 5.32 Å². The SMILES string of the molecule is CC(C)C(SCC(=O)NC1(C#N)CCCCCC1)C(=O)O. The van der Waals surface area contributed by atoms with Crippen LogP contribution in [0.2, 0.25) is 0 Å². The molecule has 1 amide bonds. The number of rotatable bonds is 6. The molecule has 5 nitrogen and oxygen atoms in total. The Bertz CT molecular complexity index is 410. The number of nitrogens with zero attached hydrogens (tertiary/aromatic N) is 1. The maximum Gasteiger partial charge on any atom is 0.316 e. The van der Waals surface area contributed by atoms with Gasteiger partial charge in [0.25, 0.3) is 0 Å². The Morgan fingerprint density at radius 1 is 1.29 bits per heavy atom. The third-order valence-corrected chi connectivity index (χ3v) is 5.33. The molecule has 1 aliphatic carbocycles. The van der Waals surface area contributed by atoms with Crippen LogP contribution < -0.4 is 5.32 Å². The fraction of sp³-hybridized carbons (Fsp3) is 0.800. The Balaban J connectivity index is 2.55. The fourth-order valence-corrected chi connectivity index (χ4v) is 3.54. The largest absolute Gasteiger partial charge is 0.480 e. The van der Waals surface area contributed by atoms with Gasteiger partial charge in [-0.25, -0.2) is 0 Å². The van der Waals surface area contributed by atoms with Crippen molar-refractivity contribution < 1.29 is 14.7 Å². The summed E-state index contributed by atoms with van der Waals surface area (Å²) in [6.45, 7) is 3.65. The van der Waals surface area contributed by atoms with Crippen LogP contribution >= 0.6 is 11.8 Å². The molecular formula is C15H24N2O3S. The standard InChI is InChI=1S/C15H24N2O3S/c1-11(2)13(14(19)20)21-9-12(18)17-15(10-16)7-5-3-4-6-8-15/h11,13H,3-9H2,1-2H3,(H,17,18)(H,19,20). The molecule has 0 bridgehead atoms. The predicted octanol–water partition coefficient (Wildman–Crippen LogP) is 2.56. The van der Waals surface area contributed by atoms with Crippen LogP contribution in [0.25, 0.3) is 0 Å². The molecule has 0 heterocycles. The van der Waals surface area contributed by atoms with Gasteiger partial charge >= 0.3 is 5.97 Å². The molecule has 0 aromatic heterocycles. The summed E-state index contributed by atoms with van der Waals surface area (Å²) in [5, 5.41) is 20.8.